The predicted molar refractivity (Wildman–Crippen MR) is 148 cm³/mol. The zero-order chi connectivity index (χ0) is 30.0. The third-order valence-electron chi connectivity index (χ3n) is 7.25. The Hall–Kier alpha value is -2.04. The van der Waals surface area contributed by atoms with Crippen molar-refractivity contribution in [2.75, 3.05) is 0 Å². The van der Waals surface area contributed by atoms with Gasteiger partial charge < -0.3 is 35.0 Å². The average molecular weight is 555 g/mol. The Morgan fingerprint density at radius 1 is 1.31 bits per heavy atom. The Balaban J connectivity index is 3.12. The molecule has 0 saturated heterocycles. The molecule has 39 heavy (non-hydrogen) atoms. The van der Waals surface area contributed by atoms with Crippen molar-refractivity contribution < 1.29 is 44.6 Å². The van der Waals surface area contributed by atoms with Crippen LogP contribution in [0.25, 0.3) is 0 Å². The highest BCUT2D eigenvalue weighted by atomic mass is 16.6. The Labute approximate surface area is 233 Å². The molecule has 9 heteroatoms. The van der Waals surface area contributed by atoms with Gasteiger partial charge in [-0.3, -0.25) is 9.59 Å². The summed E-state index contributed by atoms with van der Waals surface area (Å²) in [5.41, 5.74) is -2.10. The maximum atomic E-state index is 12.6. The van der Waals surface area contributed by atoms with E-state index >= 15 is 0 Å². The second-order valence-electron chi connectivity index (χ2n) is 11.6. The maximum Gasteiger partial charge on any atom is 0.309 e. The molecule has 0 aromatic carbocycles. The van der Waals surface area contributed by atoms with Crippen LogP contribution in [-0.4, -0.2) is 79.2 Å². The van der Waals surface area contributed by atoms with Gasteiger partial charge in [0.25, 0.3) is 0 Å². The quantitative estimate of drug-likeness (QED) is 0.156. The van der Waals surface area contributed by atoms with Crippen LogP contribution in [0.4, 0.5) is 0 Å². The van der Waals surface area contributed by atoms with E-state index in [0.29, 0.717) is 18.4 Å². The Bertz CT molecular complexity index is 874. The SMILES string of the molecule is CCC(O)C(C)CC(O)CC(C)(O)/C=C/C=C(\C)C1OC(=O)CC(O)CCC(C)(O)C(OC(C)=O)/C=C/C1C. The third kappa shape index (κ3) is 12.8. The molecular weight excluding hydrogens is 504 g/mol. The molecule has 0 saturated carbocycles. The molecule has 0 aromatic heterocycles. The number of aliphatic hydroxyl groups is 5. The van der Waals surface area contributed by atoms with Gasteiger partial charge in [0.2, 0.25) is 0 Å². The van der Waals surface area contributed by atoms with E-state index in [2.05, 4.69) is 0 Å². The number of esters is 2. The summed E-state index contributed by atoms with van der Waals surface area (Å²) >= 11 is 0. The molecule has 9 nitrogen and oxygen atoms in total. The Kier molecular flexibility index (Phi) is 14.1. The number of carbonyl (C=O) groups is 2. The summed E-state index contributed by atoms with van der Waals surface area (Å²) in [6, 6.07) is 0. The largest absolute Gasteiger partial charge is 0.457 e. The molecule has 0 aliphatic carbocycles. The van der Waals surface area contributed by atoms with Crippen molar-refractivity contribution >= 4 is 11.9 Å². The molecule has 1 aliphatic rings. The summed E-state index contributed by atoms with van der Waals surface area (Å²) in [6.45, 7) is 11.7. The van der Waals surface area contributed by atoms with Gasteiger partial charge in [-0.25, -0.2) is 0 Å². The first-order valence-corrected chi connectivity index (χ1v) is 13.9. The highest BCUT2D eigenvalue weighted by Gasteiger charge is 2.35. The number of rotatable bonds is 10. The summed E-state index contributed by atoms with van der Waals surface area (Å²) in [7, 11) is 0. The number of allylic oxidation sites excluding steroid dienone is 2. The standard InChI is InChI=1S/C30H50O9/c1-8-25(34)21(4)16-24(33)18-29(6,36)14-9-10-19(2)28-20(3)11-12-26(38-22(5)31)30(7,37)15-13-23(32)17-27(35)39-28/h9-12,14,20-21,23-26,28,32-34,36-37H,8,13,15-18H2,1-7H3/b12-11+,14-9+,19-10+. The van der Waals surface area contributed by atoms with Crippen LogP contribution >= 0.6 is 0 Å². The molecule has 0 fully saturated rings. The molecule has 5 N–H and O–H groups in total. The van der Waals surface area contributed by atoms with Gasteiger partial charge >= 0.3 is 11.9 Å². The highest BCUT2D eigenvalue weighted by Crippen LogP contribution is 2.27. The molecule has 224 valence electrons. The topological polar surface area (TPSA) is 154 Å². The van der Waals surface area contributed by atoms with Crippen LogP contribution < -0.4 is 0 Å². The van der Waals surface area contributed by atoms with Crippen molar-refractivity contribution in [1.29, 1.82) is 0 Å². The third-order valence-corrected chi connectivity index (χ3v) is 7.25. The number of hydrogen-bond donors (Lipinski definition) is 5. The zero-order valence-electron chi connectivity index (χ0n) is 24.5. The normalized spacial score (nSPS) is 32.2. The van der Waals surface area contributed by atoms with Crippen LogP contribution in [-0.2, 0) is 19.1 Å². The lowest BCUT2D eigenvalue weighted by molar-refractivity contribution is -0.157. The van der Waals surface area contributed by atoms with E-state index in [0.717, 1.165) is 0 Å². The van der Waals surface area contributed by atoms with E-state index in [4.69, 9.17) is 9.47 Å². The van der Waals surface area contributed by atoms with E-state index in [1.807, 2.05) is 20.8 Å². The maximum absolute atomic E-state index is 12.6. The molecule has 0 spiro atoms. The Morgan fingerprint density at radius 2 is 1.95 bits per heavy atom. The summed E-state index contributed by atoms with van der Waals surface area (Å²) in [5.74, 6) is -1.61. The van der Waals surface area contributed by atoms with Gasteiger partial charge in [-0.05, 0) is 64.0 Å². The second kappa shape index (κ2) is 15.7. The van der Waals surface area contributed by atoms with Crippen LogP contribution in [0.1, 0.15) is 87.0 Å². The number of ether oxygens (including phenoxy) is 2. The van der Waals surface area contributed by atoms with Gasteiger partial charge in [0, 0.05) is 19.3 Å². The zero-order valence-corrected chi connectivity index (χ0v) is 24.5. The molecule has 9 atom stereocenters. The fraction of sp³-hybridized carbons (Fsp3) is 0.733. The first-order chi connectivity index (χ1) is 18.0. The minimum atomic E-state index is -1.45. The first kappa shape index (κ1) is 35.0. The molecule has 0 bridgehead atoms. The van der Waals surface area contributed by atoms with E-state index in [9.17, 15) is 35.1 Å². The number of cyclic esters (lactones) is 1. The predicted octanol–water partition coefficient (Wildman–Crippen LogP) is 3.12. The lowest BCUT2D eigenvalue weighted by atomic mass is 9.88. The van der Waals surface area contributed by atoms with Gasteiger partial charge in [-0.2, -0.15) is 0 Å². The van der Waals surface area contributed by atoms with Crippen LogP contribution in [0.3, 0.4) is 0 Å². The molecular formula is C30H50O9. The smallest absolute Gasteiger partial charge is 0.309 e. The van der Waals surface area contributed by atoms with Crippen LogP contribution in [0.2, 0.25) is 0 Å². The van der Waals surface area contributed by atoms with Crippen LogP contribution in [0.5, 0.6) is 0 Å². The highest BCUT2D eigenvalue weighted by molar-refractivity contribution is 5.70. The minimum Gasteiger partial charge on any atom is -0.457 e. The van der Waals surface area contributed by atoms with Crippen LogP contribution in [0, 0.1) is 11.8 Å². The molecule has 0 aromatic rings. The van der Waals surface area contributed by atoms with Crippen molar-refractivity contribution in [3.8, 4) is 0 Å². The molecule has 0 amide bonds. The lowest BCUT2D eigenvalue weighted by Gasteiger charge is -2.32. The summed E-state index contributed by atoms with van der Waals surface area (Å²) < 4.78 is 11.0. The van der Waals surface area contributed by atoms with Gasteiger partial charge in [0.1, 0.15) is 17.8 Å². The number of carbonyl (C=O) groups excluding carboxylic acids is 2. The molecule has 1 rings (SSSR count). The van der Waals surface area contributed by atoms with Gasteiger partial charge in [-0.1, -0.05) is 45.1 Å². The fourth-order valence-corrected chi connectivity index (χ4v) is 4.75. The van der Waals surface area contributed by atoms with Gasteiger partial charge in [-0.15, -0.1) is 0 Å². The van der Waals surface area contributed by atoms with Crippen molar-refractivity contribution in [3.05, 3.63) is 36.0 Å². The molecule has 0 radical (unpaired) electrons. The summed E-state index contributed by atoms with van der Waals surface area (Å²) in [4.78, 5) is 24.2. The summed E-state index contributed by atoms with van der Waals surface area (Å²) in [5, 5.41) is 52.4. The van der Waals surface area contributed by atoms with Crippen LogP contribution in [0.15, 0.2) is 36.0 Å². The average Bonchev–Trinajstić information content (AvgIpc) is 2.81. The number of hydrogen-bond acceptors (Lipinski definition) is 9. The van der Waals surface area contributed by atoms with E-state index in [-0.39, 0.29) is 37.5 Å². The van der Waals surface area contributed by atoms with Gasteiger partial charge in [0.05, 0.1) is 30.3 Å². The van der Waals surface area contributed by atoms with Crippen molar-refractivity contribution in [2.24, 2.45) is 11.8 Å². The summed E-state index contributed by atoms with van der Waals surface area (Å²) in [6.07, 6.45) is 5.19. The van der Waals surface area contributed by atoms with Gasteiger partial charge in [0.15, 0.2) is 0 Å². The first-order valence-electron chi connectivity index (χ1n) is 13.9. The molecule has 9 unspecified atom stereocenters. The van der Waals surface area contributed by atoms with E-state index in [1.165, 1.54) is 13.8 Å². The fourth-order valence-electron chi connectivity index (χ4n) is 4.75. The van der Waals surface area contributed by atoms with Crippen molar-refractivity contribution in [2.45, 2.75) is 129 Å². The lowest BCUT2D eigenvalue weighted by Crippen LogP contribution is -2.42. The Morgan fingerprint density at radius 3 is 2.54 bits per heavy atom. The van der Waals surface area contributed by atoms with E-state index in [1.54, 1.807) is 44.2 Å². The second-order valence-corrected chi connectivity index (χ2v) is 11.6. The van der Waals surface area contributed by atoms with E-state index < -0.39 is 53.7 Å². The molecule has 1 aliphatic heterocycles. The minimum absolute atomic E-state index is 0.0874. The van der Waals surface area contributed by atoms with Crippen molar-refractivity contribution in [3.63, 3.8) is 0 Å². The number of aliphatic hydroxyl groups excluding tert-OH is 3. The van der Waals surface area contributed by atoms with Crippen molar-refractivity contribution in [1.82, 2.24) is 0 Å². The molecule has 1 heterocycles. The monoisotopic (exact) mass is 554 g/mol.